The van der Waals surface area contributed by atoms with Crippen molar-refractivity contribution in [1.29, 1.82) is 5.41 Å². The number of hydrogen-bond acceptors (Lipinski definition) is 7. The molecule has 0 saturated carbocycles. The van der Waals surface area contributed by atoms with Crippen LogP contribution in [0.3, 0.4) is 0 Å². The molecule has 0 saturated heterocycles. The zero-order valence-corrected chi connectivity index (χ0v) is 15.0. The maximum atomic E-state index is 8.29. The SMILES string of the molecule is C.N=C(n1nnc2ccccc21)n1nnc2ccccc21.c1ccc2n[nH]nc2c1. The summed E-state index contributed by atoms with van der Waals surface area (Å²) in [5.41, 5.74) is 4.83. The second-order valence-electron chi connectivity index (χ2n) is 6.12. The third-order valence-corrected chi connectivity index (χ3v) is 4.33. The van der Waals surface area contributed by atoms with Gasteiger partial charge in [0.15, 0.2) is 0 Å². The van der Waals surface area contributed by atoms with Crippen LogP contribution in [0.25, 0.3) is 33.1 Å². The molecule has 3 heterocycles. The second kappa shape index (κ2) is 7.87. The number of para-hydroxylation sites is 4. The minimum atomic E-state index is 0. The molecule has 0 amide bonds. The van der Waals surface area contributed by atoms with E-state index in [1.165, 1.54) is 9.36 Å². The molecule has 0 atom stereocenters. The molecule has 2 N–H and O–H groups in total. The Morgan fingerprint density at radius 1 is 0.633 bits per heavy atom. The van der Waals surface area contributed by atoms with E-state index in [-0.39, 0.29) is 13.4 Å². The Kier molecular flexibility index (Phi) is 4.95. The molecule has 0 radical (unpaired) electrons. The van der Waals surface area contributed by atoms with Gasteiger partial charge >= 0.3 is 0 Å². The van der Waals surface area contributed by atoms with Gasteiger partial charge in [0.1, 0.15) is 22.1 Å². The summed E-state index contributed by atoms with van der Waals surface area (Å²) in [7, 11) is 0. The van der Waals surface area contributed by atoms with E-state index in [2.05, 4.69) is 36.0 Å². The molecule has 0 aliphatic carbocycles. The van der Waals surface area contributed by atoms with Crippen molar-refractivity contribution in [2.45, 2.75) is 7.43 Å². The summed E-state index contributed by atoms with van der Waals surface area (Å²) in [4.78, 5) is 0. The van der Waals surface area contributed by atoms with Crippen molar-refractivity contribution in [2.24, 2.45) is 0 Å². The van der Waals surface area contributed by atoms with E-state index in [0.29, 0.717) is 0 Å². The highest BCUT2D eigenvalue weighted by molar-refractivity contribution is 5.94. The number of nitrogens with one attached hydrogen (secondary N) is 2. The number of fused-ring (bicyclic) bond motifs is 3. The smallest absolute Gasteiger partial charge is 0.248 e. The molecule has 3 aromatic carbocycles. The van der Waals surface area contributed by atoms with Gasteiger partial charge in [-0.1, -0.05) is 54.3 Å². The average Bonchev–Trinajstić information content (AvgIpc) is 3.51. The van der Waals surface area contributed by atoms with Gasteiger partial charge in [-0.2, -0.15) is 24.8 Å². The van der Waals surface area contributed by atoms with Crippen molar-refractivity contribution < 1.29 is 0 Å². The summed E-state index contributed by atoms with van der Waals surface area (Å²) >= 11 is 0. The van der Waals surface area contributed by atoms with Crippen molar-refractivity contribution in [2.75, 3.05) is 0 Å². The Labute approximate surface area is 170 Å². The van der Waals surface area contributed by atoms with E-state index in [0.717, 1.165) is 33.1 Å². The predicted molar refractivity (Wildman–Crippen MR) is 114 cm³/mol. The number of H-pyrrole nitrogens is 1. The number of aromatic nitrogens is 9. The molecule has 3 aromatic heterocycles. The van der Waals surface area contributed by atoms with Crippen LogP contribution in [-0.4, -0.2) is 51.4 Å². The fourth-order valence-electron chi connectivity index (χ4n) is 2.93. The lowest BCUT2D eigenvalue weighted by Crippen LogP contribution is -2.22. The van der Waals surface area contributed by atoms with E-state index < -0.39 is 0 Å². The molecule has 6 rings (SSSR count). The van der Waals surface area contributed by atoms with Crippen molar-refractivity contribution in [3.05, 3.63) is 72.8 Å². The summed E-state index contributed by atoms with van der Waals surface area (Å²) in [5, 5.41) is 34.7. The monoisotopic (exact) mass is 398 g/mol. The van der Waals surface area contributed by atoms with Crippen LogP contribution in [0.4, 0.5) is 0 Å². The Morgan fingerprint density at radius 3 is 1.50 bits per heavy atom. The molecule has 10 heteroatoms. The average molecular weight is 398 g/mol. The number of hydrogen-bond donors (Lipinski definition) is 2. The molecule has 6 aromatic rings. The van der Waals surface area contributed by atoms with Gasteiger partial charge in [0, 0.05) is 0 Å². The van der Waals surface area contributed by atoms with E-state index in [4.69, 9.17) is 5.41 Å². The number of rotatable bonds is 0. The normalized spacial score (nSPS) is 10.5. The predicted octanol–water partition coefficient (Wildman–Crippen LogP) is 3.10. The van der Waals surface area contributed by atoms with E-state index in [1.807, 2.05) is 72.8 Å². The van der Waals surface area contributed by atoms with Crippen molar-refractivity contribution >= 4 is 39.1 Å². The third kappa shape index (κ3) is 3.26. The van der Waals surface area contributed by atoms with E-state index in [1.54, 1.807) is 0 Å². The van der Waals surface area contributed by atoms with Crippen LogP contribution in [0.5, 0.6) is 0 Å². The molecular weight excluding hydrogens is 380 g/mol. The van der Waals surface area contributed by atoms with Crippen LogP contribution in [-0.2, 0) is 0 Å². The Morgan fingerprint density at radius 2 is 1.03 bits per heavy atom. The molecular formula is C20H18N10. The topological polar surface area (TPSA) is 127 Å². The lowest BCUT2D eigenvalue weighted by atomic mass is 10.3. The summed E-state index contributed by atoms with van der Waals surface area (Å²) in [5.74, 6) is 0.0902. The summed E-state index contributed by atoms with van der Waals surface area (Å²) in [6, 6.07) is 22.7. The number of nitrogens with zero attached hydrogens (tertiary/aromatic N) is 8. The van der Waals surface area contributed by atoms with Crippen molar-refractivity contribution in [3.8, 4) is 0 Å². The maximum Gasteiger partial charge on any atom is 0.248 e. The van der Waals surface area contributed by atoms with Crippen molar-refractivity contribution in [3.63, 3.8) is 0 Å². The number of aromatic amines is 1. The summed E-state index contributed by atoms with van der Waals surface area (Å²) in [6.45, 7) is 0. The molecule has 10 nitrogen and oxygen atoms in total. The highest BCUT2D eigenvalue weighted by atomic mass is 15.6. The van der Waals surface area contributed by atoms with Gasteiger partial charge in [-0.05, 0) is 36.4 Å². The molecule has 148 valence electrons. The largest absolute Gasteiger partial charge is 0.265 e. The van der Waals surface area contributed by atoms with E-state index >= 15 is 0 Å². The summed E-state index contributed by atoms with van der Waals surface area (Å²) in [6.07, 6.45) is 0. The standard InChI is InChI=1S/C13H9N7.C6H5N3.CH4/c14-13(19-11-7-3-1-5-9(11)15-17-19)20-12-8-4-2-6-10(12)16-18-20;1-2-4-6-5(3-1)7-9-8-6;/h1-8,14H;1-4H,(H,7,8,9);1H4. The minimum absolute atomic E-state index is 0. The molecule has 30 heavy (non-hydrogen) atoms. The fraction of sp³-hybridized carbons (Fsp3) is 0.0500. The van der Waals surface area contributed by atoms with Crippen molar-refractivity contribution in [1.82, 2.24) is 45.4 Å². The second-order valence-corrected chi connectivity index (χ2v) is 6.12. The van der Waals surface area contributed by atoms with Crippen LogP contribution in [0.2, 0.25) is 0 Å². The Hall–Kier alpha value is -4.47. The Bertz CT molecular complexity index is 1340. The van der Waals surface area contributed by atoms with Gasteiger partial charge in [0.25, 0.3) is 0 Å². The van der Waals surface area contributed by atoms with Gasteiger partial charge in [-0.25, -0.2) is 0 Å². The first-order valence-corrected chi connectivity index (χ1v) is 8.77. The van der Waals surface area contributed by atoms with Gasteiger partial charge in [0.05, 0.1) is 11.0 Å². The van der Waals surface area contributed by atoms with E-state index in [9.17, 15) is 0 Å². The first-order valence-electron chi connectivity index (χ1n) is 8.77. The lowest BCUT2D eigenvalue weighted by Gasteiger charge is -2.04. The lowest BCUT2D eigenvalue weighted by molar-refractivity contribution is 0.766. The van der Waals surface area contributed by atoms with Gasteiger partial charge < -0.3 is 0 Å². The van der Waals surface area contributed by atoms with Crippen LogP contribution in [0, 0.1) is 5.41 Å². The van der Waals surface area contributed by atoms with Gasteiger partial charge in [-0.15, -0.1) is 10.2 Å². The third-order valence-electron chi connectivity index (χ3n) is 4.33. The molecule has 0 aliphatic rings. The molecule has 0 fully saturated rings. The minimum Gasteiger partial charge on any atom is -0.265 e. The Balaban J connectivity index is 0.000000183. The maximum absolute atomic E-state index is 8.29. The molecule has 0 spiro atoms. The zero-order chi connectivity index (χ0) is 19.6. The van der Waals surface area contributed by atoms with Crippen LogP contribution in [0.1, 0.15) is 7.43 Å². The first kappa shape index (κ1) is 18.9. The van der Waals surface area contributed by atoms with Crippen LogP contribution < -0.4 is 0 Å². The molecule has 0 aliphatic heterocycles. The molecule has 0 unspecified atom stereocenters. The van der Waals surface area contributed by atoms with Crippen LogP contribution >= 0.6 is 0 Å². The van der Waals surface area contributed by atoms with Crippen LogP contribution in [0.15, 0.2) is 72.8 Å². The quantitative estimate of drug-likeness (QED) is 0.299. The zero-order valence-electron chi connectivity index (χ0n) is 15.0. The highest BCUT2D eigenvalue weighted by Gasteiger charge is 2.14. The highest BCUT2D eigenvalue weighted by Crippen LogP contribution is 2.13. The summed E-state index contributed by atoms with van der Waals surface area (Å²) < 4.78 is 2.88. The van der Waals surface area contributed by atoms with Gasteiger partial charge in [-0.3, -0.25) is 5.41 Å². The first-order chi connectivity index (χ1) is 14.3. The number of benzene rings is 3. The molecule has 0 bridgehead atoms. The fourth-order valence-corrected chi connectivity index (χ4v) is 2.93. The van der Waals surface area contributed by atoms with Gasteiger partial charge in [0.2, 0.25) is 5.96 Å².